The Morgan fingerprint density at radius 3 is 2.88 bits per heavy atom. The maximum Gasteiger partial charge on any atom is 0.257 e. The molecule has 4 rings (SSSR count). The molecule has 1 fully saturated rings. The number of benzene rings is 1. The molecular weight excluding hydrogens is 324 g/mol. The molecule has 0 radical (unpaired) electrons. The fourth-order valence-corrected chi connectivity index (χ4v) is 3.90. The highest BCUT2D eigenvalue weighted by Crippen LogP contribution is 2.24. The van der Waals surface area contributed by atoms with Gasteiger partial charge in [-0.1, -0.05) is 30.3 Å². The normalized spacial score (nSPS) is 17.6. The van der Waals surface area contributed by atoms with Crippen LogP contribution in [0.25, 0.3) is 5.65 Å². The Labute approximate surface area is 153 Å². The van der Waals surface area contributed by atoms with Gasteiger partial charge in [0.05, 0.1) is 17.5 Å². The maximum absolute atomic E-state index is 13.3. The molecule has 1 aliphatic heterocycles. The minimum atomic E-state index is 0.0881. The minimum Gasteiger partial charge on any atom is -0.336 e. The van der Waals surface area contributed by atoms with Crippen LogP contribution in [0.15, 0.2) is 48.8 Å². The molecular formula is C21H24N4O. The van der Waals surface area contributed by atoms with E-state index in [1.54, 1.807) is 16.9 Å². The first-order valence-electron chi connectivity index (χ1n) is 9.38. The van der Waals surface area contributed by atoms with Gasteiger partial charge in [0, 0.05) is 24.8 Å². The number of piperidine rings is 1. The number of fused-ring (bicyclic) bond motifs is 1. The van der Waals surface area contributed by atoms with E-state index in [1.165, 1.54) is 12.0 Å². The van der Waals surface area contributed by atoms with Crippen LogP contribution in [-0.4, -0.2) is 38.0 Å². The zero-order chi connectivity index (χ0) is 17.9. The van der Waals surface area contributed by atoms with Gasteiger partial charge in [0.25, 0.3) is 5.91 Å². The van der Waals surface area contributed by atoms with Crippen LogP contribution in [0.4, 0.5) is 0 Å². The minimum absolute atomic E-state index is 0.0881. The van der Waals surface area contributed by atoms with E-state index < -0.39 is 0 Å². The number of nitrogens with zero attached hydrogens (tertiary/aromatic N) is 4. The third-order valence-corrected chi connectivity index (χ3v) is 5.38. The van der Waals surface area contributed by atoms with Crippen LogP contribution in [0.3, 0.4) is 0 Å². The van der Waals surface area contributed by atoms with Gasteiger partial charge in [-0.25, -0.2) is 9.50 Å². The second kappa shape index (κ2) is 7.28. The Balaban J connectivity index is 1.54. The molecule has 5 nitrogen and oxygen atoms in total. The smallest absolute Gasteiger partial charge is 0.257 e. The van der Waals surface area contributed by atoms with Gasteiger partial charge in [-0.15, -0.1) is 0 Å². The standard InChI is InChI=1S/C21H24N4O/c1-16-19(15-22-20-12-13-23-25(16)20)21(26)24-14-6-5-9-18(24)11-10-17-7-3-2-4-8-17/h2-4,7-8,12-13,15,18H,5-6,9-11,14H2,1H3/t18-/m1/s1. The topological polar surface area (TPSA) is 50.5 Å². The number of hydrogen-bond donors (Lipinski definition) is 0. The van der Waals surface area contributed by atoms with E-state index in [9.17, 15) is 4.79 Å². The monoisotopic (exact) mass is 348 g/mol. The molecule has 3 aromatic rings. The van der Waals surface area contributed by atoms with E-state index in [4.69, 9.17) is 0 Å². The Morgan fingerprint density at radius 2 is 2.04 bits per heavy atom. The Kier molecular flexibility index (Phi) is 4.69. The summed E-state index contributed by atoms with van der Waals surface area (Å²) in [5.41, 5.74) is 3.63. The number of likely N-dealkylation sites (tertiary alicyclic amines) is 1. The highest BCUT2D eigenvalue weighted by atomic mass is 16.2. The SMILES string of the molecule is Cc1c(C(=O)N2CCCC[C@@H]2CCc2ccccc2)cnc2ccnn12. The fraction of sp³-hybridized carbons (Fsp3) is 0.381. The summed E-state index contributed by atoms with van der Waals surface area (Å²) in [4.78, 5) is 19.7. The third-order valence-electron chi connectivity index (χ3n) is 5.38. The van der Waals surface area contributed by atoms with Crippen LogP contribution in [0, 0.1) is 6.92 Å². The lowest BCUT2D eigenvalue weighted by atomic mass is 9.95. The van der Waals surface area contributed by atoms with Crippen LogP contribution in [0.2, 0.25) is 0 Å². The van der Waals surface area contributed by atoms with Crippen molar-refractivity contribution >= 4 is 11.6 Å². The molecule has 1 saturated heterocycles. The van der Waals surface area contributed by atoms with Crippen molar-refractivity contribution in [3.8, 4) is 0 Å². The van der Waals surface area contributed by atoms with Gasteiger partial charge in [0.2, 0.25) is 0 Å². The quantitative estimate of drug-likeness (QED) is 0.723. The van der Waals surface area contributed by atoms with Crippen molar-refractivity contribution in [3.63, 3.8) is 0 Å². The van der Waals surface area contributed by atoms with Crippen LogP contribution >= 0.6 is 0 Å². The number of rotatable bonds is 4. The third kappa shape index (κ3) is 3.21. The van der Waals surface area contributed by atoms with E-state index >= 15 is 0 Å². The molecule has 1 atom stereocenters. The molecule has 0 aliphatic carbocycles. The molecule has 0 N–H and O–H groups in total. The molecule has 2 aromatic heterocycles. The maximum atomic E-state index is 13.3. The Hall–Kier alpha value is -2.69. The van der Waals surface area contributed by atoms with Crippen molar-refractivity contribution in [1.29, 1.82) is 0 Å². The highest BCUT2D eigenvalue weighted by molar-refractivity contribution is 5.95. The van der Waals surface area contributed by atoms with E-state index in [-0.39, 0.29) is 5.91 Å². The summed E-state index contributed by atoms with van der Waals surface area (Å²) in [6, 6.07) is 12.7. The number of hydrogen-bond acceptors (Lipinski definition) is 3. The largest absolute Gasteiger partial charge is 0.336 e. The van der Waals surface area contributed by atoms with Crippen molar-refractivity contribution in [1.82, 2.24) is 19.5 Å². The van der Waals surface area contributed by atoms with Crippen molar-refractivity contribution in [3.05, 3.63) is 65.6 Å². The second-order valence-corrected chi connectivity index (χ2v) is 7.03. The number of carbonyl (C=O) groups is 1. The molecule has 0 spiro atoms. The molecule has 3 heterocycles. The summed E-state index contributed by atoms with van der Waals surface area (Å²) in [5.74, 6) is 0.0881. The predicted molar refractivity (Wildman–Crippen MR) is 101 cm³/mol. The number of amides is 1. The van der Waals surface area contributed by atoms with Crippen molar-refractivity contribution in [2.45, 2.75) is 45.1 Å². The summed E-state index contributed by atoms with van der Waals surface area (Å²) in [6.07, 6.45) is 8.78. The highest BCUT2D eigenvalue weighted by Gasteiger charge is 2.28. The van der Waals surface area contributed by atoms with E-state index in [2.05, 4.69) is 39.2 Å². The van der Waals surface area contributed by atoms with Gasteiger partial charge in [-0.3, -0.25) is 4.79 Å². The molecule has 5 heteroatoms. The predicted octanol–water partition coefficient (Wildman–Crippen LogP) is 3.67. The van der Waals surface area contributed by atoms with E-state index in [0.717, 1.165) is 43.6 Å². The van der Waals surface area contributed by atoms with Crippen molar-refractivity contribution in [2.75, 3.05) is 6.54 Å². The van der Waals surface area contributed by atoms with Crippen LogP contribution in [0.5, 0.6) is 0 Å². The average Bonchev–Trinajstić information content (AvgIpc) is 3.17. The first kappa shape index (κ1) is 16.8. The lowest BCUT2D eigenvalue weighted by molar-refractivity contribution is 0.0600. The summed E-state index contributed by atoms with van der Waals surface area (Å²) >= 11 is 0. The molecule has 0 saturated carbocycles. The van der Waals surface area contributed by atoms with Gasteiger partial charge in [-0.05, 0) is 44.6 Å². The van der Waals surface area contributed by atoms with Crippen molar-refractivity contribution < 1.29 is 4.79 Å². The van der Waals surface area contributed by atoms with Gasteiger partial charge in [-0.2, -0.15) is 5.10 Å². The number of carbonyl (C=O) groups excluding carboxylic acids is 1. The molecule has 26 heavy (non-hydrogen) atoms. The first-order chi connectivity index (χ1) is 12.7. The second-order valence-electron chi connectivity index (χ2n) is 7.03. The number of aromatic nitrogens is 3. The fourth-order valence-electron chi connectivity index (χ4n) is 3.90. The molecule has 1 aliphatic rings. The van der Waals surface area contributed by atoms with Gasteiger partial charge >= 0.3 is 0 Å². The lowest BCUT2D eigenvalue weighted by Gasteiger charge is -2.36. The summed E-state index contributed by atoms with van der Waals surface area (Å²) in [5, 5.41) is 4.28. The Morgan fingerprint density at radius 1 is 1.19 bits per heavy atom. The zero-order valence-corrected chi connectivity index (χ0v) is 15.1. The Bertz CT molecular complexity index is 903. The number of aryl methyl sites for hydroxylation is 2. The van der Waals surface area contributed by atoms with Gasteiger partial charge in [0.1, 0.15) is 0 Å². The van der Waals surface area contributed by atoms with E-state index in [0.29, 0.717) is 11.6 Å². The summed E-state index contributed by atoms with van der Waals surface area (Å²) < 4.78 is 1.75. The summed E-state index contributed by atoms with van der Waals surface area (Å²) in [7, 11) is 0. The summed E-state index contributed by atoms with van der Waals surface area (Å²) in [6.45, 7) is 2.77. The van der Waals surface area contributed by atoms with E-state index in [1.807, 2.05) is 19.1 Å². The van der Waals surface area contributed by atoms with Gasteiger partial charge in [0.15, 0.2) is 5.65 Å². The van der Waals surface area contributed by atoms with Crippen LogP contribution in [0.1, 0.15) is 47.3 Å². The molecule has 0 unspecified atom stereocenters. The lowest BCUT2D eigenvalue weighted by Crippen LogP contribution is -2.44. The molecule has 0 bridgehead atoms. The van der Waals surface area contributed by atoms with Crippen LogP contribution in [-0.2, 0) is 6.42 Å². The molecule has 1 aromatic carbocycles. The van der Waals surface area contributed by atoms with Gasteiger partial charge < -0.3 is 4.90 Å². The average molecular weight is 348 g/mol. The van der Waals surface area contributed by atoms with Crippen LogP contribution < -0.4 is 0 Å². The molecule has 1 amide bonds. The van der Waals surface area contributed by atoms with Crippen molar-refractivity contribution in [2.24, 2.45) is 0 Å². The first-order valence-corrected chi connectivity index (χ1v) is 9.38. The zero-order valence-electron chi connectivity index (χ0n) is 15.1. The molecule has 134 valence electrons.